The Morgan fingerprint density at radius 1 is 1.41 bits per heavy atom. The molecule has 1 unspecified atom stereocenters. The van der Waals surface area contributed by atoms with E-state index in [-0.39, 0.29) is 12.2 Å². The number of amidine groups is 1. The zero-order chi connectivity index (χ0) is 16.3. The Bertz CT molecular complexity index is 504. The molecule has 0 saturated heterocycles. The highest BCUT2D eigenvalue weighted by Gasteiger charge is 2.33. The first-order valence-corrected chi connectivity index (χ1v) is 8.36. The van der Waals surface area contributed by atoms with Crippen LogP contribution in [0.1, 0.15) is 33.1 Å². The fraction of sp³-hybridized carbons (Fsp3) is 0.667. The molecule has 2 nitrogen and oxygen atoms in total. The van der Waals surface area contributed by atoms with E-state index < -0.39 is 18.0 Å². The van der Waals surface area contributed by atoms with Gasteiger partial charge in [0.25, 0.3) is 0 Å². The Balaban J connectivity index is 2.03. The third-order valence-electron chi connectivity index (χ3n) is 3.54. The van der Waals surface area contributed by atoms with Crippen LogP contribution in [0.25, 0.3) is 0 Å². The fourth-order valence-corrected chi connectivity index (χ4v) is 3.20. The Morgan fingerprint density at radius 3 is 2.64 bits per heavy atom. The number of aliphatic imine (C=N–C) groups is 1. The highest BCUT2D eigenvalue weighted by Crippen LogP contribution is 2.37. The molecule has 0 aromatic carbocycles. The summed E-state index contributed by atoms with van der Waals surface area (Å²) in [4.78, 5) is 4.94. The van der Waals surface area contributed by atoms with Crippen LogP contribution in [0.5, 0.6) is 0 Å². The second kappa shape index (κ2) is 7.06. The van der Waals surface area contributed by atoms with Crippen LogP contribution in [0.2, 0.25) is 0 Å². The van der Waals surface area contributed by atoms with E-state index in [9.17, 15) is 17.6 Å². The summed E-state index contributed by atoms with van der Waals surface area (Å²) < 4.78 is 51.2. The summed E-state index contributed by atoms with van der Waals surface area (Å²) in [5.41, 5.74) is 0.574. The van der Waals surface area contributed by atoms with Crippen molar-refractivity contribution in [2.75, 3.05) is 12.3 Å². The van der Waals surface area contributed by atoms with Crippen molar-refractivity contribution >= 4 is 17.6 Å². The molecule has 0 aromatic heterocycles. The maximum atomic E-state index is 14.1. The second-order valence-corrected chi connectivity index (χ2v) is 6.64. The number of halogens is 4. The van der Waals surface area contributed by atoms with Gasteiger partial charge in [0.1, 0.15) is 5.83 Å². The summed E-state index contributed by atoms with van der Waals surface area (Å²) in [6, 6.07) is -0.606. The summed E-state index contributed by atoms with van der Waals surface area (Å²) in [6.45, 7) is 4.17. The van der Waals surface area contributed by atoms with Crippen molar-refractivity contribution in [3.63, 3.8) is 0 Å². The number of thioether (sulfide) groups is 1. The van der Waals surface area contributed by atoms with E-state index in [4.69, 9.17) is 0 Å². The summed E-state index contributed by atoms with van der Waals surface area (Å²) in [5, 5.41) is 3.09. The molecule has 124 valence electrons. The first-order chi connectivity index (χ1) is 10.3. The van der Waals surface area contributed by atoms with Crippen LogP contribution in [-0.4, -0.2) is 30.4 Å². The molecule has 0 heterocycles. The second-order valence-electron chi connectivity index (χ2n) is 5.57. The lowest BCUT2D eigenvalue weighted by atomic mass is 10.0. The van der Waals surface area contributed by atoms with Crippen LogP contribution in [0.15, 0.2) is 27.4 Å². The average Bonchev–Trinajstić information content (AvgIpc) is 3.23. The fourth-order valence-electron chi connectivity index (χ4n) is 2.29. The van der Waals surface area contributed by atoms with Crippen molar-refractivity contribution in [2.45, 2.75) is 45.3 Å². The molecule has 0 aromatic rings. The Kier molecular flexibility index (Phi) is 5.58. The SMILES string of the molecule is CCN=C(NC1CC(SCC(F)(F)F)=C(C)C=C1F)C1CC1. The molecule has 7 heteroatoms. The van der Waals surface area contributed by atoms with Gasteiger partial charge in [0.2, 0.25) is 0 Å². The Hall–Kier alpha value is -0.980. The topological polar surface area (TPSA) is 24.4 Å². The van der Waals surface area contributed by atoms with E-state index in [0.29, 0.717) is 22.9 Å². The molecule has 0 radical (unpaired) electrons. The van der Waals surface area contributed by atoms with Gasteiger partial charge in [-0.1, -0.05) is 0 Å². The lowest BCUT2D eigenvalue weighted by Crippen LogP contribution is -2.38. The number of nitrogens with zero attached hydrogens (tertiary/aromatic N) is 1. The van der Waals surface area contributed by atoms with Crippen molar-refractivity contribution in [3.05, 3.63) is 22.4 Å². The quantitative estimate of drug-likeness (QED) is 0.451. The van der Waals surface area contributed by atoms with E-state index in [0.717, 1.165) is 30.4 Å². The first-order valence-electron chi connectivity index (χ1n) is 7.37. The molecule has 1 fully saturated rings. The van der Waals surface area contributed by atoms with Gasteiger partial charge in [0, 0.05) is 18.9 Å². The van der Waals surface area contributed by atoms with E-state index in [1.54, 1.807) is 6.92 Å². The predicted octanol–water partition coefficient (Wildman–Crippen LogP) is 4.60. The van der Waals surface area contributed by atoms with Crippen LogP contribution < -0.4 is 5.32 Å². The molecule has 2 aliphatic rings. The van der Waals surface area contributed by atoms with Gasteiger partial charge >= 0.3 is 6.18 Å². The predicted molar refractivity (Wildman–Crippen MR) is 82.6 cm³/mol. The summed E-state index contributed by atoms with van der Waals surface area (Å²) in [7, 11) is 0. The van der Waals surface area contributed by atoms with Crippen molar-refractivity contribution in [1.82, 2.24) is 5.32 Å². The van der Waals surface area contributed by atoms with E-state index in [2.05, 4.69) is 10.3 Å². The average molecular weight is 336 g/mol. The van der Waals surface area contributed by atoms with Crippen molar-refractivity contribution in [1.29, 1.82) is 0 Å². The largest absolute Gasteiger partial charge is 0.398 e. The summed E-state index contributed by atoms with van der Waals surface area (Å²) in [5.74, 6) is -0.138. The van der Waals surface area contributed by atoms with Gasteiger partial charge in [0.15, 0.2) is 0 Å². The van der Waals surface area contributed by atoms with Crippen LogP contribution in [0, 0.1) is 5.92 Å². The Labute approximate surface area is 132 Å². The van der Waals surface area contributed by atoms with Crippen molar-refractivity contribution < 1.29 is 17.6 Å². The Morgan fingerprint density at radius 2 is 2.09 bits per heavy atom. The van der Waals surface area contributed by atoms with Gasteiger partial charge in [-0.05, 0) is 43.2 Å². The minimum absolute atomic E-state index is 0.240. The maximum Gasteiger partial charge on any atom is 0.398 e. The summed E-state index contributed by atoms with van der Waals surface area (Å²) in [6.07, 6.45) is -0.576. The van der Waals surface area contributed by atoms with Crippen LogP contribution in [-0.2, 0) is 0 Å². The number of allylic oxidation sites excluding steroid dienone is 2. The van der Waals surface area contributed by atoms with Gasteiger partial charge in [-0.15, -0.1) is 11.8 Å². The third kappa shape index (κ3) is 5.04. The molecule has 0 bridgehead atoms. The molecule has 22 heavy (non-hydrogen) atoms. The van der Waals surface area contributed by atoms with Gasteiger partial charge in [-0.2, -0.15) is 13.2 Å². The molecular formula is C15H20F4N2S. The molecule has 0 amide bonds. The van der Waals surface area contributed by atoms with Crippen molar-refractivity contribution in [2.24, 2.45) is 10.9 Å². The van der Waals surface area contributed by atoms with Crippen LogP contribution >= 0.6 is 11.8 Å². The lowest BCUT2D eigenvalue weighted by molar-refractivity contribution is -0.105. The number of alkyl halides is 3. The summed E-state index contributed by atoms with van der Waals surface area (Å²) >= 11 is 0.746. The zero-order valence-electron chi connectivity index (χ0n) is 12.6. The lowest BCUT2D eigenvalue weighted by Gasteiger charge is -2.25. The molecule has 1 N–H and O–H groups in total. The van der Waals surface area contributed by atoms with Crippen molar-refractivity contribution in [3.8, 4) is 0 Å². The monoisotopic (exact) mass is 336 g/mol. The van der Waals surface area contributed by atoms with Gasteiger partial charge in [-0.25, -0.2) is 4.39 Å². The normalized spacial score (nSPS) is 23.6. The van der Waals surface area contributed by atoms with E-state index >= 15 is 0 Å². The number of hydrogen-bond donors (Lipinski definition) is 1. The molecular weight excluding hydrogens is 316 g/mol. The smallest absolute Gasteiger partial charge is 0.364 e. The van der Waals surface area contributed by atoms with Gasteiger partial charge < -0.3 is 5.32 Å². The molecule has 0 aliphatic heterocycles. The van der Waals surface area contributed by atoms with Crippen LogP contribution in [0.4, 0.5) is 17.6 Å². The number of hydrogen-bond acceptors (Lipinski definition) is 2. The third-order valence-corrected chi connectivity index (χ3v) is 4.85. The van der Waals surface area contributed by atoms with Crippen LogP contribution in [0.3, 0.4) is 0 Å². The number of rotatable bonds is 5. The first kappa shape index (κ1) is 17.4. The van der Waals surface area contributed by atoms with E-state index in [1.165, 1.54) is 6.08 Å². The molecule has 0 spiro atoms. The number of nitrogens with one attached hydrogen (secondary N) is 1. The minimum atomic E-state index is -4.22. The maximum absolute atomic E-state index is 14.1. The molecule has 2 aliphatic carbocycles. The standard InChI is InChI=1S/C15H20F4N2S/c1-3-20-14(10-4-5-10)21-12-7-13(9(2)6-11(12)16)22-8-15(17,18)19/h6,10,12H,3-5,7-8H2,1-2H3,(H,20,21). The van der Waals surface area contributed by atoms with Gasteiger partial charge in [0.05, 0.1) is 17.6 Å². The molecule has 1 atom stereocenters. The minimum Gasteiger partial charge on any atom is -0.364 e. The highest BCUT2D eigenvalue weighted by molar-refractivity contribution is 8.03. The van der Waals surface area contributed by atoms with Gasteiger partial charge in [-0.3, -0.25) is 4.99 Å². The molecule has 1 saturated carbocycles. The molecule has 2 rings (SSSR count). The van der Waals surface area contributed by atoms with E-state index in [1.807, 2.05) is 6.92 Å². The zero-order valence-corrected chi connectivity index (χ0v) is 13.5. The highest BCUT2D eigenvalue weighted by atomic mass is 32.2.